The van der Waals surface area contributed by atoms with E-state index >= 15 is 0 Å². The van der Waals surface area contributed by atoms with Crippen molar-refractivity contribution in [3.05, 3.63) is 53.1 Å². The number of nitrogens with zero attached hydrogens (tertiary/aromatic N) is 2. The second-order valence-electron chi connectivity index (χ2n) is 8.27. The van der Waals surface area contributed by atoms with Gasteiger partial charge < -0.3 is 19.7 Å². The van der Waals surface area contributed by atoms with E-state index in [2.05, 4.69) is 5.32 Å². The lowest BCUT2D eigenvalue weighted by Gasteiger charge is -2.30. The summed E-state index contributed by atoms with van der Waals surface area (Å²) in [6.07, 6.45) is -0.232. The molecule has 1 aliphatic rings. The maximum absolute atomic E-state index is 12.6. The van der Waals surface area contributed by atoms with Crippen LogP contribution in [-0.4, -0.2) is 68.1 Å². The molecule has 1 aliphatic heterocycles. The number of carbonyl (C=O) groups is 2. The Labute approximate surface area is 183 Å². The Balaban J connectivity index is 1.47. The van der Waals surface area contributed by atoms with Crippen LogP contribution in [0.15, 0.2) is 36.4 Å². The van der Waals surface area contributed by atoms with Crippen molar-refractivity contribution in [2.24, 2.45) is 0 Å². The summed E-state index contributed by atoms with van der Waals surface area (Å²) in [6.45, 7) is 7.06. The fraction of sp³-hybridized carbons (Fsp3) is 0.417. The van der Waals surface area contributed by atoms with E-state index < -0.39 is 0 Å². The number of para-hydroxylation sites is 2. The second kappa shape index (κ2) is 9.83. The van der Waals surface area contributed by atoms with Gasteiger partial charge in [0.25, 0.3) is 0 Å². The number of likely N-dealkylation sites (N-methyl/N-ethyl adjacent to an activating group) is 2. The minimum atomic E-state index is -0.232. The molecular formula is C24H31N3O4. The van der Waals surface area contributed by atoms with Gasteiger partial charge in [-0.15, -0.1) is 0 Å². The van der Waals surface area contributed by atoms with Crippen LogP contribution < -0.4 is 14.8 Å². The minimum absolute atomic E-state index is 0.0829. The summed E-state index contributed by atoms with van der Waals surface area (Å²) in [5.74, 6) is 1.18. The molecule has 3 rings (SSSR count). The number of fused-ring (bicyclic) bond motifs is 1. The molecule has 7 nitrogen and oxygen atoms in total. The van der Waals surface area contributed by atoms with Crippen molar-refractivity contribution < 1.29 is 19.1 Å². The van der Waals surface area contributed by atoms with Crippen molar-refractivity contribution in [3.8, 4) is 11.5 Å². The molecule has 0 aliphatic carbocycles. The lowest BCUT2D eigenvalue weighted by atomic mass is 10.1. The van der Waals surface area contributed by atoms with Gasteiger partial charge in [0, 0.05) is 12.7 Å². The van der Waals surface area contributed by atoms with Crippen LogP contribution in [0, 0.1) is 20.8 Å². The van der Waals surface area contributed by atoms with Crippen LogP contribution in [0.5, 0.6) is 11.5 Å². The highest BCUT2D eigenvalue weighted by atomic mass is 16.6. The molecule has 1 atom stereocenters. The Morgan fingerprint density at radius 3 is 2.35 bits per heavy atom. The summed E-state index contributed by atoms with van der Waals surface area (Å²) >= 11 is 0. The van der Waals surface area contributed by atoms with Crippen LogP contribution in [0.4, 0.5) is 5.69 Å². The summed E-state index contributed by atoms with van der Waals surface area (Å²) in [5.41, 5.74) is 4.05. The molecule has 0 saturated heterocycles. The normalized spacial score (nSPS) is 15.0. The van der Waals surface area contributed by atoms with Gasteiger partial charge in [-0.2, -0.15) is 0 Å². The largest absolute Gasteiger partial charge is 0.486 e. The SMILES string of the molecule is Cc1cc(C)c(NC(=O)CN(C)CC(=O)N(C)C[C@H]2COc3ccccc3O2)c(C)c1. The standard InChI is InChI=1S/C24H31N3O4/c1-16-10-17(2)24(18(3)11-16)25-22(28)13-26(4)14-23(29)27(5)12-19-15-30-20-8-6-7-9-21(20)31-19/h6-11,19H,12-15H2,1-5H3,(H,25,28)/t19-/m0/s1. The third-order valence-electron chi connectivity index (χ3n) is 5.23. The van der Waals surface area contributed by atoms with E-state index in [-0.39, 0.29) is 31.0 Å². The maximum atomic E-state index is 12.6. The summed E-state index contributed by atoms with van der Waals surface area (Å²) < 4.78 is 11.6. The molecule has 0 fully saturated rings. The first kappa shape index (κ1) is 22.6. The lowest BCUT2D eigenvalue weighted by molar-refractivity contribution is -0.132. The van der Waals surface area contributed by atoms with Gasteiger partial charge >= 0.3 is 0 Å². The van der Waals surface area contributed by atoms with Crippen LogP contribution >= 0.6 is 0 Å². The van der Waals surface area contributed by atoms with Crippen molar-refractivity contribution in [2.75, 3.05) is 45.7 Å². The fourth-order valence-electron chi connectivity index (χ4n) is 3.77. The Hall–Kier alpha value is -3.06. The van der Waals surface area contributed by atoms with Gasteiger partial charge in [-0.1, -0.05) is 29.8 Å². The third-order valence-corrected chi connectivity index (χ3v) is 5.23. The van der Waals surface area contributed by atoms with Gasteiger partial charge in [-0.3, -0.25) is 14.5 Å². The number of carbonyl (C=O) groups excluding carboxylic acids is 2. The molecule has 2 aromatic rings. The Morgan fingerprint density at radius 2 is 1.68 bits per heavy atom. The van der Waals surface area contributed by atoms with Crippen LogP contribution in [-0.2, 0) is 9.59 Å². The van der Waals surface area contributed by atoms with Crippen molar-refractivity contribution in [1.82, 2.24) is 9.80 Å². The first-order valence-corrected chi connectivity index (χ1v) is 10.4. The number of aryl methyl sites for hydroxylation is 3. The Morgan fingerprint density at radius 1 is 1.03 bits per heavy atom. The molecule has 0 spiro atoms. The van der Waals surface area contributed by atoms with Crippen molar-refractivity contribution >= 4 is 17.5 Å². The zero-order valence-electron chi connectivity index (χ0n) is 18.9. The molecule has 7 heteroatoms. The predicted molar refractivity (Wildman–Crippen MR) is 121 cm³/mol. The zero-order chi connectivity index (χ0) is 22.5. The number of anilines is 1. The minimum Gasteiger partial charge on any atom is -0.486 e. The van der Waals surface area contributed by atoms with Crippen LogP contribution in [0.2, 0.25) is 0 Å². The van der Waals surface area contributed by atoms with E-state index in [0.29, 0.717) is 18.9 Å². The molecule has 1 N–H and O–H groups in total. The zero-order valence-corrected chi connectivity index (χ0v) is 18.9. The van der Waals surface area contributed by atoms with Crippen LogP contribution in [0.3, 0.4) is 0 Å². The molecule has 0 radical (unpaired) electrons. The lowest BCUT2D eigenvalue weighted by Crippen LogP contribution is -2.45. The molecule has 0 saturated carbocycles. The molecule has 1 heterocycles. The molecule has 0 bridgehead atoms. The molecule has 166 valence electrons. The number of benzene rings is 2. The van der Waals surface area contributed by atoms with Crippen molar-refractivity contribution in [3.63, 3.8) is 0 Å². The summed E-state index contributed by atoms with van der Waals surface area (Å²) in [7, 11) is 3.50. The predicted octanol–water partition coefficient (Wildman–Crippen LogP) is 2.78. The highest BCUT2D eigenvalue weighted by Gasteiger charge is 2.24. The van der Waals surface area contributed by atoms with Crippen LogP contribution in [0.25, 0.3) is 0 Å². The summed E-state index contributed by atoms with van der Waals surface area (Å²) in [6, 6.07) is 11.6. The molecule has 2 amide bonds. The number of ether oxygens (including phenoxy) is 2. The van der Waals surface area contributed by atoms with E-state index in [1.807, 2.05) is 57.2 Å². The molecule has 31 heavy (non-hydrogen) atoms. The quantitative estimate of drug-likeness (QED) is 0.739. The monoisotopic (exact) mass is 425 g/mol. The highest BCUT2D eigenvalue weighted by Crippen LogP contribution is 2.31. The second-order valence-corrected chi connectivity index (χ2v) is 8.27. The number of amides is 2. The molecular weight excluding hydrogens is 394 g/mol. The fourth-order valence-corrected chi connectivity index (χ4v) is 3.77. The van der Waals surface area contributed by atoms with Crippen LogP contribution in [0.1, 0.15) is 16.7 Å². The highest BCUT2D eigenvalue weighted by molar-refractivity contribution is 5.94. The smallest absolute Gasteiger partial charge is 0.238 e. The number of hydrogen-bond acceptors (Lipinski definition) is 5. The van der Waals surface area contributed by atoms with E-state index in [1.165, 1.54) is 0 Å². The van der Waals surface area contributed by atoms with Gasteiger partial charge in [0.15, 0.2) is 17.6 Å². The van der Waals surface area contributed by atoms with Gasteiger partial charge in [0.05, 0.1) is 19.6 Å². The summed E-state index contributed by atoms with van der Waals surface area (Å²) in [5, 5.41) is 2.97. The van der Waals surface area contributed by atoms with Gasteiger partial charge in [0.2, 0.25) is 11.8 Å². The van der Waals surface area contributed by atoms with E-state index in [1.54, 1.807) is 23.9 Å². The maximum Gasteiger partial charge on any atom is 0.238 e. The first-order valence-electron chi connectivity index (χ1n) is 10.4. The van der Waals surface area contributed by atoms with E-state index in [0.717, 1.165) is 28.1 Å². The van der Waals surface area contributed by atoms with Gasteiger partial charge in [-0.05, 0) is 51.1 Å². The van der Waals surface area contributed by atoms with Crippen molar-refractivity contribution in [1.29, 1.82) is 0 Å². The average molecular weight is 426 g/mol. The first-order chi connectivity index (χ1) is 14.7. The van der Waals surface area contributed by atoms with E-state index in [4.69, 9.17) is 9.47 Å². The van der Waals surface area contributed by atoms with Crippen molar-refractivity contribution in [2.45, 2.75) is 26.9 Å². The molecule has 0 aromatic heterocycles. The number of nitrogens with one attached hydrogen (secondary N) is 1. The Bertz CT molecular complexity index is 937. The topological polar surface area (TPSA) is 71.1 Å². The average Bonchev–Trinajstić information content (AvgIpc) is 2.70. The number of hydrogen-bond donors (Lipinski definition) is 1. The number of rotatable bonds is 7. The third kappa shape index (κ3) is 5.98. The summed E-state index contributed by atoms with van der Waals surface area (Å²) in [4.78, 5) is 28.4. The van der Waals surface area contributed by atoms with E-state index in [9.17, 15) is 9.59 Å². The van der Waals surface area contributed by atoms with Gasteiger partial charge in [-0.25, -0.2) is 0 Å². The molecule has 2 aromatic carbocycles. The van der Waals surface area contributed by atoms with Gasteiger partial charge in [0.1, 0.15) is 6.61 Å². The Kier molecular flexibility index (Phi) is 7.17. The molecule has 0 unspecified atom stereocenters.